The van der Waals surface area contributed by atoms with E-state index in [0.717, 1.165) is 32.8 Å². The number of carbonyl (C=O) groups excluding carboxylic acids is 1. The lowest BCUT2D eigenvalue weighted by molar-refractivity contribution is 0.0342. The molecule has 0 unspecified atom stereocenters. The average Bonchev–Trinajstić information content (AvgIpc) is 3.11. The number of nitrogens with zero attached hydrogens (tertiary/aromatic N) is 1. The minimum absolute atomic E-state index is 0.192. The Morgan fingerprint density at radius 3 is 2.56 bits per heavy atom. The Labute approximate surface area is 145 Å². The van der Waals surface area contributed by atoms with E-state index in [1.165, 1.54) is 5.56 Å². The summed E-state index contributed by atoms with van der Waals surface area (Å²) < 4.78 is 21.3. The van der Waals surface area contributed by atoms with Crippen LogP contribution < -0.4 is 14.2 Å². The molecule has 2 aromatic carbocycles. The Kier molecular flexibility index (Phi) is 4.54. The highest BCUT2D eigenvalue weighted by atomic mass is 16.7. The highest BCUT2D eigenvalue weighted by Crippen LogP contribution is 2.35. The van der Waals surface area contributed by atoms with E-state index in [0.29, 0.717) is 22.8 Å². The molecule has 6 nitrogen and oxygen atoms in total. The molecule has 2 aromatic rings. The normalized spacial score (nSPS) is 16.6. The van der Waals surface area contributed by atoms with Crippen molar-refractivity contribution in [2.75, 3.05) is 33.1 Å². The maximum Gasteiger partial charge on any atom is 0.343 e. The second-order valence-electron chi connectivity index (χ2n) is 5.99. The van der Waals surface area contributed by atoms with E-state index in [1.807, 2.05) is 12.1 Å². The molecule has 25 heavy (non-hydrogen) atoms. The molecule has 0 spiro atoms. The smallest absolute Gasteiger partial charge is 0.343 e. The molecule has 0 N–H and O–H groups in total. The fourth-order valence-electron chi connectivity index (χ4n) is 2.87. The van der Waals surface area contributed by atoms with E-state index in [1.54, 1.807) is 30.3 Å². The first kappa shape index (κ1) is 15.9. The molecule has 0 bridgehead atoms. The number of esters is 1. The Bertz CT molecular complexity index is 753. The fraction of sp³-hybridized carbons (Fsp3) is 0.316. The van der Waals surface area contributed by atoms with Crippen molar-refractivity contribution in [3.05, 3.63) is 53.6 Å². The predicted molar refractivity (Wildman–Crippen MR) is 90.1 cm³/mol. The van der Waals surface area contributed by atoms with Gasteiger partial charge in [0.2, 0.25) is 6.79 Å². The number of rotatable bonds is 4. The van der Waals surface area contributed by atoms with Gasteiger partial charge in [-0.3, -0.25) is 4.90 Å². The maximum absolute atomic E-state index is 12.3. The second-order valence-corrected chi connectivity index (χ2v) is 5.99. The number of ether oxygens (including phenoxy) is 4. The molecule has 6 heteroatoms. The Morgan fingerprint density at radius 1 is 1.00 bits per heavy atom. The van der Waals surface area contributed by atoms with Crippen LogP contribution in [0.15, 0.2) is 42.5 Å². The summed E-state index contributed by atoms with van der Waals surface area (Å²) in [6.07, 6.45) is 0. The molecule has 2 aliphatic heterocycles. The van der Waals surface area contributed by atoms with Gasteiger partial charge in [-0.15, -0.1) is 0 Å². The van der Waals surface area contributed by atoms with Gasteiger partial charge in [-0.2, -0.15) is 0 Å². The number of hydrogen-bond acceptors (Lipinski definition) is 6. The lowest BCUT2D eigenvalue weighted by atomic mass is 10.1. The van der Waals surface area contributed by atoms with Crippen LogP contribution in [-0.4, -0.2) is 44.0 Å². The van der Waals surface area contributed by atoms with Crippen LogP contribution in [0.5, 0.6) is 17.2 Å². The van der Waals surface area contributed by atoms with Crippen LogP contribution in [0.25, 0.3) is 0 Å². The quantitative estimate of drug-likeness (QED) is 0.629. The van der Waals surface area contributed by atoms with Crippen LogP contribution >= 0.6 is 0 Å². The fourth-order valence-corrected chi connectivity index (χ4v) is 2.87. The second kappa shape index (κ2) is 7.13. The average molecular weight is 341 g/mol. The zero-order valence-corrected chi connectivity index (χ0v) is 13.8. The summed E-state index contributed by atoms with van der Waals surface area (Å²) in [5.41, 5.74) is 1.69. The monoisotopic (exact) mass is 341 g/mol. The molecule has 4 rings (SSSR count). The van der Waals surface area contributed by atoms with Crippen LogP contribution in [0.3, 0.4) is 0 Å². The summed E-state index contributed by atoms with van der Waals surface area (Å²) >= 11 is 0. The van der Waals surface area contributed by atoms with Crippen LogP contribution in [0.4, 0.5) is 0 Å². The van der Waals surface area contributed by atoms with Gasteiger partial charge in [0.15, 0.2) is 11.5 Å². The van der Waals surface area contributed by atoms with Crippen LogP contribution in [0.2, 0.25) is 0 Å². The molecule has 2 heterocycles. The zero-order chi connectivity index (χ0) is 17.1. The summed E-state index contributed by atoms with van der Waals surface area (Å²) in [5.74, 6) is 1.29. The zero-order valence-electron chi connectivity index (χ0n) is 13.8. The van der Waals surface area contributed by atoms with Gasteiger partial charge in [0, 0.05) is 25.7 Å². The number of benzene rings is 2. The number of hydrogen-bond donors (Lipinski definition) is 0. The summed E-state index contributed by atoms with van der Waals surface area (Å²) in [7, 11) is 0. The third-order valence-electron chi connectivity index (χ3n) is 4.25. The molecule has 0 atom stereocenters. The molecular weight excluding hydrogens is 322 g/mol. The van der Waals surface area contributed by atoms with E-state index in [4.69, 9.17) is 18.9 Å². The molecule has 1 saturated heterocycles. The van der Waals surface area contributed by atoms with Crippen molar-refractivity contribution in [3.63, 3.8) is 0 Å². The van der Waals surface area contributed by atoms with Gasteiger partial charge >= 0.3 is 5.97 Å². The Morgan fingerprint density at radius 2 is 1.76 bits per heavy atom. The van der Waals surface area contributed by atoms with Crippen LogP contribution in [0, 0.1) is 0 Å². The Hall–Kier alpha value is -2.57. The van der Waals surface area contributed by atoms with Gasteiger partial charge < -0.3 is 18.9 Å². The van der Waals surface area contributed by atoms with Gasteiger partial charge in [0.1, 0.15) is 5.75 Å². The number of fused-ring (bicyclic) bond motifs is 1. The van der Waals surface area contributed by atoms with E-state index >= 15 is 0 Å². The number of carbonyl (C=O) groups is 1. The topological polar surface area (TPSA) is 57.2 Å². The first-order valence-corrected chi connectivity index (χ1v) is 8.29. The highest BCUT2D eigenvalue weighted by molar-refractivity contribution is 5.91. The van der Waals surface area contributed by atoms with E-state index in [9.17, 15) is 4.79 Å². The van der Waals surface area contributed by atoms with Crippen molar-refractivity contribution in [1.29, 1.82) is 0 Å². The molecular formula is C19H19NO5. The molecule has 0 aliphatic carbocycles. The van der Waals surface area contributed by atoms with Crippen molar-refractivity contribution in [2.24, 2.45) is 0 Å². The summed E-state index contributed by atoms with van der Waals surface area (Å²) in [5, 5.41) is 0. The van der Waals surface area contributed by atoms with E-state index in [-0.39, 0.29) is 6.79 Å². The van der Waals surface area contributed by atoms with Crippen molar-refractivity contribution in [1.82, 2.24) is 4.90 Å². The van der Waals surface area contributed by atoms with Crippen molar-refractivity contribution >= 4 is 5.97 Å². The number of morpholine rings is 1. The largest absolute Gasteiger partial charge is 0.454 e. The lowest BCUT2D eigenvalue weighted by Gasteiger charge is -2.26. The molecule has 0 radical (unpaired) electrons. The third-order valence-corrected chi connectivity index (χ3v) is 4.25. The van der Waals surface area contributed by atoms with Crippen LogP contribution in [-0.2, 0) is 11.3 Å². The summed E-state index contributed by atoms with van der Waals surface area (Å²) in [6.45, 7) is 4.49. The maximum atomic E-state index is 12.3. The lowest BCUT2D eigenvalue weighted by Crippen LogP contribution is -2.35. The first-order valence-electron chi connectivity index (χ1n) is 8.29. The Balaban J connectivity index is 1.38. The summed E-state index contributed by atoms with van der Waals surface area (Å²) in [4.78, 5) is 14.6. The van der Waals surface area contributed by atoms with Gasteiger partial charge in [-0.25, -0.2) is 4.79 Å². The first-order chi connectivity index (χ1) is 12.3. The van der Waals surface area contributed by atoms with Crippen molar-refractivity contribution < 1.29 is 23.7 Å². The van der Waals surface area contributed by atoms with Gasteiger partial charge in [-0.05, 0) is 29.8 Å². The van der Waals surface area contributed by atoms with Crippen LogP contribution in [0.1, 0.15) is 15.9 Å². The molecule has 0 saturated carbocycles. The molecule has 0 aromatic heterocycles. The molecule has 1 fully saturated rings. The van der Waals surface area contributed by atoms with Crippen molar-refractivity contribution in [2.45, 2.75) is 6.54 Å². The third kappa shape index (κ3) is 3.75. The standard InChI is InChI=1S/C19H19NO5/c21-19(25-16-5-6-17-18(11-16)24-13-23-17)15-3-1-14(2-4-15)12-20-7-9-22-10-8-20/h1-6,11H,7-10,12-13H2. The molecule has 130 valence electrons. The van der Waals surface area contributed by atoms with Crippen molar-refractivity contribution in [3.8, 4) is 17.2 Å². The minimum atomic E-state index is -0.392. The SMILES string of the molecule is O=C(Oc1ccc2c(c1)OCO2)c1ccc(CN2CCOCC2)cc1. The van der Waals surface area contributed by atoms with Gasteiger partial charge in [-0.1, -0.05) is 12.1 Å². The molecule has 0 amide bonds. The highest BCUT2D eigenvalue weighted by Gasteiger charge is 2.16. The molecule has 2 aliphatic rings. The van der Waals surface area contributed by atoms with Gasteiger partial charge in [0.05, 0.1) is 18.8 Å². The predicted octanol–water partition coefficient (Wildman–Crippen LogP) is 2.47. The summed E-state index contributed by atoms with van der Waals surface area (Å²) in [6, 6.07) is 12.6. The minimum Gasteiger partial charge on any atom is -0.454 e. The van der Waals surface area contributed by atoms with E-state index < -0.39 is 5.97 Å². The van der Waals surface area contributed by atoms with E-state index in [2.05, 4.69) is 4.90 Å². The van der Waals surface area contributed by atoms with Gasteiger partial charge in [0.25, 0.3) is 0 Å².